The molecule has 0 radical (unpaired) electrons. The van der Waals surface area contributed by atoms with E-state index < -0.39 is 9.84 Å². The van der Waals surface area contributed by atoms with Crippen LogP contribution in [0.5, 0.6) is 0 Å². The Morgan fingerprint density at radius 3 is 2.84 bits per heavy atom. The van der Waals surface area contributed by atoms with E-state index in [2.05, 4.69) is 14.9 Å². The highest BCUT2D eigenvalue weighted by molar-refractivity contribution is 7.91. The number of fused-ring (bicyclic) bond motifs is 2. The lowest BCUT2D eigenvalue weighted by atomic mass is 10.2. The third-order valence-electron chi connectivity index (χ3n) is 4.36. The zero-order valence-electron chi connectivity index (χ0n) is 13.3. The third-order valence-corrected chi connectivity index (χ3v) is 6.10. The number of aromatic nitrogens is 2. The van der Waals surface area contributed by atoms with Crippen molar-refractivity contribution in [3.05, 3.63) is 48.0 Å². The molecule has 0 saturated carbocycles. The number of hydrogen-bond donors (Lipinski definition) is 0. The standard InChI is InChI=1S/C17H15N3O4S/c21-16(20-10-8-12-4-1-2-6-14(12)20)9-11-25(22,23)15-7-3-5-13-17(15)19-24-18-13/h1-7H,8-11H2. The van der Waals surface area contributed by atoms with Gasteiger partial charge in [0.25, 0.3) is 0 Å². The number of para-hydroxylation sites is 1. The van der Waals surface area contributed by atoms with E-state index in [1.54, 1.807) is 17.0 Å². The zero-order valence-corrected chi connectivity index (χ0v) is 14.1. The molecule has 8 heteroatoms. The van der Waals surface area contributed by atoms with Crippen LogP contribution in [-0.4, -0.2) is 36.9 Å². The van der Waals surface area contributed by atoms with Crippen molar-refractivity contribution >= 4 is 32.5 Å². The average Bonchev–Trinajstić information content (AvgIpc) is 3.26. The second kappa shape index (κ2) is 5.96. The number of anilines is 1. The van der Waals surface area contributed by atoms with Gasteiger partial charge in [-0.25, -0.2) is 13.0 Å². The summed E-state index contributed by atoms with van der Waals surface area (Å²) < 4.78 is 29.9. The van der Waals surface area contributed by atoms with Crippen molar-refractivity contribution in [1.82, 2.24) is 10.3 Å². The first kappa shape index (κ1) is 15.8. The van der Waals surface area contributed by atoms with E-state index in [1.807, 2.05) is 24.3 Å². The molecule has 0 spiro atoms. The number of rotatable bonds is 4. The molecule has 1 amide bonds. The molecule has 0 fully saturated rings. The molecule has 1 aromatic heterocycles. The largest absolute Gasteiger partial charge is 0.312 e. The highest BCUT2D eigenvalue weighted by Crippen LogP contribution is 2.28. The second-order valence-electron chi connectivity index (χ2n) is 5.88. The Morgan fingerprint density at radius 2 is 1.96 bits per heavy atom. The van der Waals surface area contributed by atoms with Gasteiger partial charge in [-0.2, -0.15) is 0 Å². The highest BCUT2D eigenvalue weighted by atomic mass is 32.2. The van der Waals surface area contributed by atoms with Crippen LogP contribution < -0.4 is 4.90 Å². The van der Waals surface area contributed by atoms with E-state index in [4.69, 9.17) is 0 Å². The van der Waals surface area contributed by atoms with Crippen molar-refractivity contribution in [3.8, 4) is 0 Å². The maximum absolute atomic E-state index is 12.6. The quantitative estimate of drug-likeness (QED) is 0.709. The molecule has 3 aromatic rings. The van der Waals surface area contributed by atoms with Gasteiger partial charge in [0, 0.05) is 18.7 Å². The van der Waals surface area contributed by atoms with Crippen LogP contribution in [0, 0.1) is 0 Å². The van der Waals surface area contributed by atoms with Crippen LogP contribution in [0.4, 0.5) is 5.69 Å². The van der Waals surface area contributed by atoms with Crippen LogP contribution in [0.3, 0.4) is 0 Å². The van der Waals surface area contributed by atoms with Gasteiger partial charge >= 0.3 is 0 Å². The van der Waals surface area contributed by atoms with E-state index in [1.165, 1.54) is 6.07 Å². The molecule has 0 N–H and O–H groups in total. The van der Waals surface area contributed by atoms with Crippen molar-refractivity contribution in [1.29, 1.82) is 0 Å². The van der Waals surface area contributed by atoms with Gasteiger partial charge in [0.2, 0.25) is 5.91 Å². The minimum Gasteiger partial charge on any atom is -0.312 e. The maximum Gasteiger partial charge on any atom is 0.228 e. The van der Waals surface area contributed by atoms with Gasteiger partial charge in [0.1, 0.15) is 5.52 Å². The van der Waals surface area contributed by atoms with Gasteiger partial charge in [0.05, 0.1) is 10.6 Å². The number of nitrogens with zero attached hydrogens (tertiary/aromatic N) is 3. The Morgan fingerprint density at radius 1 is 1.12 bits per heavy atom. The topological polar surface area (TPSA) is 93.4 Å². The second-order valence-corrected chi connectivity index (χ2v) is 7.96. The SMILES string of the molecule is O=C(CCS(=O)(=O)c1cccc2nonc12)N1CCc2ccccc21. The Hall–Kier alpha value is -2.74. The predicted octanol–water partition coefficient (Wildman–Crippen LogP) is 1.98. The van der Waals surface area contributed by atoms with Crippen molar-refractivity contribution < 1.29 is 17.8 Å². The van der Waals surface area contributed by atoms with Gasteiger partial charge in [-0.15, -0.1) is 0 Å². The van der Waals surface area contributed by atoms with Crippen molar-refractivity contribution in [2.24, 2.45) is 0 Å². The van der Waals surface area contributed by atoms with Gasteiger partial charge < -0.3 is 4.90 Å². The van der Waals surface area contributed by atoms with E-state index >= 15 is 0 Å². The summed E-state index contributed by atoms with van der Waals surface area (Å²) in [5.74, 6) is -0.477. The van der Waals surface area contributed by atoms with Gasteiger partial charge in [-0.3, -0.25) is 4.79 Å². The number of sulfone groups is 1. The zero-order chi connectivity index (χ0) is 17.4. The minimum absolute atomic E-state index is 0.0425. The van der Waals surface area contributed by atoms with Crippen LogP contribution in [0.2, 0.25) is 0 Å². The summed E-state index contributed by atoms with van der Waals surface area (Å²) in [6.07, 6.45) is 0.705. The monoisotopic (exact) mass is 357 g/mol. The van der Waals surface area contributed by atoms with Crippen LogP contribution in [-0.2, 0) is 21.1 Å². The summed E-state index contributed by atoms with van der Waals surface area (Å²) in [5.41, 5.74) is 2.55. The van der Waals surface area contributed by atoms with Crippen molar-refractivity contribution in [2.45, 2.75) is 17.7 Å². The molecule has 1 aliphatic rings. The van der Waals surface area contributed by atoms with E-state index in [0.717, 1.165) is 17.7 Å². The Labute approximate surface area is 144 Å². The van der Waals surface area contributed by atoms with Crippen LogP contribution in [0.1, 0.15) is 12.0 Å². The van der Waals surface area contributed by atoms with Crippen molar-refractivity contribution in [3.63, 3.8) is 0 Å². The molecule has 4 rings (SSSR count). The lowest BCUT2D eigenvalue weighted by Crippen LogP contribution is -2.30. The van der Waals surface area contributed by atoms with Crippen LogP contribution in [0.25, 0.3) is 11.0 Å². The molecule has 25 heavy (non-hydrogen) atoms. The fourth-order valence-corrected chi connectivity index (χ4v) is 4.48. The molecule has 1 aliphatic heterocycles. The fourth-order valence-electron chi connectivity index (χ4n) is 3.10. The van der Waals surface area contributed by atoms with Gasteiger partial charge in [0.15, 0.2) is 15.4 Å². The lowest BCUT2D eigenvalue weighted by molar-refractivity contribution is -0.118. The summed E-state index contributed by atoms with van der Waals surface area (Å²) in [6.45, 7) is 0.584. The summed E-state index contributed by atoms with van der Waals surface area (Å²) in [4.78, 5) is 14.2. The normalized spacial score (nSPS) is 14.0. The predicted molar refractivity (Wildman–Crippen MR) is 91.0 cm³/mol. The van der Waals surface area contributed by atoms with E-state index in [0.29, 0.717) is 12.1 Å². The molecule has 0 aliphatic carbocycles. The Bertz CT molecular complexity index is 1060. The lowest BCUT2D eigenvalue weighted by Gasteiger charge is -2.17. The average molecular weight is 357 g/mol. The van der Waals surface area contributed by atoms with Crippen LogP contribution in [0.15, 0.2) is 52.0 Å². The first-order valence-electron chi connectivity index (χ1n) is 7.88. The summed E-state index contributed by atoms with van der Waals surface area (Å²) in [5, 5.41) is 7.31. The molecule has 128 valence electrons. The first-order chi connectivity index (χ1) is 12.1. The molecule has 0 bridgehead atoms. The highest BCUT2D eigenvalue weighted by Gasteiger charge is 2.27. The fraction of sp³-hybridized carbons (Fsp3) is 0.235. The molecule has 2 heterocycles. The Kier molecular flexibility index (Phi) is 3.76. The smallest absolute Gasteiger partial charge is 0.228 e. The van der Waals surface area contributed by atoms with Gasteiger partial charge in [-0.05, 0) is 40.5 Å². The van der Waals surface area contributed by atoms with Crippen LogP contribution >= 0.6 is 0 Å². The minimum atomic E-state index is -3.67. The Balaban J connectivity index is 1.53. The molecule has 0 unspecified atom stereocenters. The number of amides is 1. The molecule has 0 atom stereocenters. The van der Waals surface area contributed by atoms with Gasteiger partial charge in [-0.1, -0.05) is 24.3 Å². The molecule has 7 nitrogen and oxygen atoms in total. The number of carbonyl (C=O) groups excluding carboxylic acids is 1. The molecule has 0 saturated heterocycles. The van der Waals surface area contributed by atoms with Crippen molar-refractivity contribution in [2.75, 3.05) is 17.2 Å². The molecule has 2 aromatic carbocycles. The molecular weight excluding hydrogens is 342 g/mol. The number of carbonyl (C=O) groups is 1. The maximum atomic E-state index is 12.6. The summed E-state index contributed by atoms with van der Waals surface area (Å²) in [7, 11) is -3.67. The van der Waals surface area contributed by atoms with E-state index in [-0.39, 0.29) is 28.5 Å². The number of benzene rings is 2. The third kappa shape index (κ3) is 2.78. The summed E-state index contributed by atoms with van der Waals surface area (Å²) >= 11 is 0. The summed E-state index contributed by atoms with van der Waals surface area (Å²) in [6, 6.07) is 12.3. The number of hydrogen-bond acceptors (Lipinski definition) is 6. The molecular formula is C17H15N3O4S. The first-order valence-corrected chi connectivity index (χ1v) is 9.54. The van der Waals surface area contributed by atoms with E-state index in [9.17, 15) is 13.2 Å².